The second-order valence-electron chi connectivity index (χ2n) is 8.01. The molecule has 3 aromatic carbocycles. The van der Waals surface area contributed by atoms with E-state index in [1.54, 1.807) is 0 Å². The minimum atomic E-state index is -0.679. The van der Waals surface area contributed by atoms with Gasteiger partial charge in [0, 0.05) is 10.9 Å². The summed E-state index contributed by atoms with van der Waals surface area (Å²) in [6.07, 6.45) is 0.446. The highest BCUT2D eigenvalue weighted by molar-refractivity contribution is 6.31. The number of nitrogens with zero attached hydrogens (tertiary/aromatic N) is 1. The average Bonchev–Trinajstić information content (AvgIpc) is 3.35. The van der Waals surface area contributed by atoms with Gasteiger partial charge in [-0.05, 0) is 46.7 Å². The second-order valence-corrected chi connectivity index (χ2v) is 8.42. The highest BCUT2D eigenvalue weighted by Crippen LogP contribution is 2.44. The fourth-order valence-corrected chi connectivity index (χ4v) is 4.80. The van der Waals surface area contributed by atoms with E-state index in [9.17, 15) is 9.59 Å². The smallest absolute Gasteiger partial charge is 0.413 e. The van der Waals surface area contributed by atoms with Crippen LogP contribution >= 0.6 is 11.6 Å². The Morgan fingerprint density at radius 3 is 2.28 bits per heavy atom. The van der Waals surface area contributed by atoms with Crippen molar-refractivity contribution in [3.8, 4) is 11.1 Å². The molecule has 1 amide bonds. The minimum Gasteiger partial charge on any atom is -0.448 e. The number of rotatable bonds is 5. The van der Waals surface area contributed by atoms with Gasteiger partial charge in [-0.15, -0.1) is 0 Å². The lowest BCUT2D eigenvalue weighted by molar-refractivity contribution is -0.139. The maximum atomic E-state index is 12.9. The summed E-state index contributed by atoms with van der Waals surface area (Å²) >= 11 is 6.23. The number of benzene rings is 3. The number of halogens is 1. The van der Waals surface area contributed by atoms with Gasteiger partial charge in [0.25, 0.3) is 0 Å². The minimum absolute atomic E-state index is 0.0350. The molecule has 1 heterocycles. The summed E-state index contributed by atoms with van der Waals surface area (Å²) in [6.45, 7) is 0.109. The molecule has 162 valence electrons. The Hall–Kier alpha value is -3.31. The van der Waals surface area contributed by atoms with Crippen LogP contribution in [0.3, 0.4) is 0 Å². The molecule has 5 rings (SSSR count). The van der Waals surface area contributed by atoms with Gasteiger partial charge < -0.3 is 9.47 Å². The lowest BCUT2D eigenvalue weighted by Crippen LogP contribution is -2.39. The number of amides is 1. The third-order valence-corrected chi connectivity index (χ3v) is 6.58. The Balaban J connectivity index is 1.28. The first-order valence-electron chi connectivity index (χ1n) is 10.6. The molecule has 0 unspecified atom stereocenters. The van der Waals surface area contributed by atoms with Crippen LogP contribution < -0.4 is 0 Å². The Labute approximate surface area is 191 Å². The lowest BCUT2D eigenvalue weighted by atomic mass is 9.98. The van der Waals surface area contributed by atoms with E-state index < -0.39 is 18.1 Å². The topological polar surface area (TPSA) is 55.8 Å². The van der Waals surface area contributed by atoms with Crippen molar-refractivity contribution in [1.82, 2.24) is 4.90 Å². The molecule has 0 N–H and O–H groups in total. The van der Waals surface area contributed by atoms with E-state index >= 15 is 0 Å². The predicted octanol–water partition coefficient (Wildman–Crippen LogP) is 5.41. The van der Waals surface area contributed by atoms with E-state index in [0.29, 0.717) is 17.9 Å². The van der Waals surface area contributed by atoms with Gasteiger partial charge in [0.15, 0.2) is 6.73 Å². The van der Waals surface area contributed by atoms with E-state index in [-0.39, 0.29) is 19.3 Å². The quantitative estimate of drug-likeness (QED) is 0.491. The molecular formula is C26H22ClNO4. The van der Waals surface area contributed by atoms with Crippen molar-refractivity contribution in [2.24, 2.45) is 0 Å². The molecule has 0 radical (unpaired) electrons. The summed E-state index contributed by atoms with van der Waals surface area (Å²) < 4.78 is 10.9. The summed E-state index contributed by atoms with van der Waals surface area (Å²) in [4.78, 5) is 26.6. The number of hydrogen-bond donors (Lipinski definition) is 0. The van der Waals surface area contributed by atoms with Gasteiger partial charge >= 0.3 is 12.1 Å². The third kappa shape index (κ3) is 3.73. The highest BCUT2D eigenvalue weighted by Gasteiger charge is 2.39. The molecule has 1 aliphatic heterocycles. The number of aryl methyl sites for hydroxylation is 1. The largest absolute Gasteiger partial charge is 0.448 e. The molecule has 3 aromatic rings. The number of esters is 1. The molecule has 0 spiro atoms. The van der Waals surface area contributed by atoms with Crippen LogP contribution in [0.2, 0.25) is 5.02 Å². The van der Waals surface area contributed by atoms with Crippen molar-refractivity contribution >= 4 is 23.7 Å². The monoisotopic (exact) mass is 447 g/mol. The number of carbonyl (C=O) groups is 2. The van der Waals surface area contributed by atoms with Crippen molar-refractivity contribution in [3.05, 3.63) is 94.5 Å². The van der Waals surface area contributed by atoms with Gasteiger partial charge in [0.2, 0.25) is 0 Å². The normalized spacial score (nSPS) is 17.1. The van der Waals surface area contributed by atoms with Crippen LogP contribution in [0.5, 0.6) is 0 Å². The van der Waals surface area contributed by atoms with E-state index in [2.05, 4.69) is 24.3 Å². The van der Waals surface area contributed by atoms with Crippen molar-refractivity contribution in [1.29, 1.82) is 0 Å². The van der Waals surface area contributed by atoms with Gasteiger partial charge in [-0.2, -0.15) is 0 Å². The Morgan fingerprint density at radius 1 is 0.969 bits per heavy atom. The molecule has 32 heavy (non-hydrogen) atoms. The SMILES string of the molecule is O=C1OCN(C(=O)OCC2c3ccccc3-c3ccccc32)[C@H]1CCc1ccccc1Cl. The van der Waals surface area contributed by atoms with Crippen LogP contribution in [0.25, 0.3) is 11.1 Å². The number of ether oxygens (including phenoxy) is 2. The molecule has 1 aliphatic carbocycles. The van der Waals surface area contributed by atoms with E-state index in [1.807, 2.05) is 48.5 Å². The fourth-order valence-electron chi connectivity index (χ4n) is 4.57. The molecule has 1 saturated heterocycles. The van der Waals surface area contributed by atoms with Crippen molar-refractivity contribution in [2.45, 2.75) is 24.8 Å². The molecule has 6 heteroatoms. The van der Waals surface area contributed by atoms with Crippen molar-refractivity contribution in [2.75, 3.05) is 13.3 Å². The molecular weight excluding hydrogens is 426 g/mol. The molecule has 0 aromatic heterocycles. The summed E-state index contributed by atoms with van der Waals surface area (Å²) in [5.74, 6) is -0.447. The number of cyclic esters (lactones) is 1. The molecule has 1 atom stereocenters. The maximum Gasteiger partial charge on any atom is 0.413 e. The van der Waals surface area contributed by atoms with Gasteiger partial charge in [0.05, 0.1) is 0 Å². The second kappa shape index (κ2) is 8.67. The van der Waals surface area contributed by atoms with Crippen LogP contribution in [0.4, 0.5) is 4.79 Å². The lowest BCUT2D eigenvalue weighted by Gasteiger charge is -2.21. The fraction of sp³-hybridized carbons (Fsp3) is 0.231. The third-order valence-electron chi connectivity index (χ3n) is 6.21. The number of fused-ring (bicyclic) bond motifs is 3. The zero-order valence-corrected chi connectivity index (χ0v) is 18.1. The average molecular weight is 448 g/mol. The summed E-state index contributed by atoms with van der Waals surface area (Å²) in [5.41, 5.74) is 5.56. The van der Waals surface area contributed by atoms with E-state index in [4.69, 9.17) is 21.1 Å². The Morgan fingerprint density at radius 2 is 1.59 bits per heavy atom. The van der Waals surface area contributed by atoms with Crippen LogP contribution in [-0.4, -0.2) is 36.3 Å². The first kappa shape index (κ1) is 20.6. The summed E-state index contributed by atoms with van der Waals surface area (Å²) in [6, 6.07) is 23.2. The van der Waals surface area contributed by atoms with Crippen LogP contribution in [0.1, 0.15) is 29.0 Å². The molecule has 5 nitrogen and oxygen atoms in total. The zero-order chi connectivity index (χ0) is 22.1. The highest BCUT2D eigenvalue weighted by atomic mass is 35.5. The van der Waals surface area contributed by atoms with Gasteiger partial charge in [-0.3, -0.25) is 4.90 Å². The van der Waals surface area contributed by atoms with Crippen LogP contribution in [0, 0.1) is 0 Å². The van der Waals surface area contributed by atoms with Gasteiger partial charge in [-0.1, -0.05) is 78.3 Å². The van der Waals surface area contributed by atoms with E-state index in [1.165, 1.54) is 16.0 Å². The van der Waals surface area contributed by atoms with Crippen molar-refractivity contribution < 1.29 is 19.1 Å². The number of hydrogen-bond acceptors (Lipinski definition) is 4. The zero-order valence-electron chi connectivity index (χ0n) is 17.4. The van der Waals surface area contributed by atoms with Crippen molar-refractivity contribution in [3.63, 3.8) is 0 Å². The predicted molar refractivity (Wildman–Crippen MR) is 121 cm³/mol. The Kier molecular flexibility index (Phi) is 5.58. The van der Waals surface area contributed by atoms with E-state index in [0.717, 1.165) is 16.7 Å². The molecule has 1 fully saturated rings. The van der Waals surface area contributed by atoms with Crippen LogP contribution in [-0.2, 0) is 20.7 Å². The first-order chi connectivity index (χ1) is 15.6. The molecule has 0 bridgehead atoms. The summed E-state index contributed by atoms with van der Waals surface area (Å²) in [7, 11) is 0. The van der Waals surface area contributed by atoms with Gasteiger partial charge in [0.1, 0.15) is 12.6 Å². The first-order valence-corrected chi connectivity index (χ1v) is 11.0. The Bertz CT molecular complexity index is 1130. The van der Waals surface area contributed by atoms with Crippen LogP contribution in [0.15, 0.2) is 72.8 Å². The number of carbonyl (C=O) groups excluding carboxylic acids is 2. The summed E-state index contributed by atoms with van der Waals surface area (Å²) in [5, 5.41) is 0.645. The standard InChI is InChI=1S/C26H22ClNO4/c27-23-12-6-1-7-17(23)13-14-24-25(29)32-16-28(24)26(30)31-15-22-20-10-4-2-8-18(20)19-9-3-5-11-21(19)22/h1-12,22,24H,13-16H2/t24-/m0/s1. The van der Waals surface area contributed by atoms with Gasteiger partial charge in [-0.25, -0.2) is 9.59 Å². The molecule has 2 aliphatic rings. The molecule has 0 saturated carbocycles. The maximum absolute atomic E-state index is 12.9.